The van der Waals surface area contributed by atoms with Crippen molar-refractivity contribution in [3.05, 3.63) is 24.3 Å². The molecule has 8 heteroatoms. The molecule has 1 aromatic rings. The van der Waals surface area contributed by atoms with E-state index in [9.17, 15) is 13.2 Å². The summed E-state index contributed by atoms with van der Waals surface area (Å²) in [4.78, 5) is 11.1. The molecule has 1 amide bonds. The first kappa shape index (κ1) is 17.9. The van der Waals surface area contributed by atoms with Crippen molar-refractivity contribution in [1.82, 2.24) is 4.31 Å². The van der Waals surface area contributed by atoms with Crippen LogP contribution in [-0.4, -0.2) is 37.8 Å². The van der Waals surface area contributed by atoms with Crippen molar-refractivity contribution in [2.24, 2.45) is 5.73 Å². The number of amides is 1. The number of carbonyl (C=O) groups excluding carboxylic acids is 1. The molecule has 0 unspecified atom stereocenters. The van der Waals surface area contributed by atoms with Gasteiger partial charge in [0.05, 0.1) is 4.90 Å². The summed E-state index contributed by atoms with van der Waals surface area (Å²) in [6, 6.07) is 6.06. The highest BCUT2D eigenvalue weighted by Gasteiger charge is 2.28. The van der Waals surface area contributed by atoms with Gasteiger partial charge in [0.1, 0.15) is 0 Å². The van der Waals surface area contributed by atoms with Crippen molar-refractivity contribution in [2.45, 2.75) is 30.7 Å². The number of nitrogens with zero attached hydrogens (tertiary/aromatic N) is 1. The van der Waals surface area contributed by atoms with Gasteiger partial charge in [0.15, 0.2) is 0 Å². The Hall–Kier alpha value is -1.15. The summed E-state index contributed by atoms with van der Waals surface area (Å²) >= 11 is 0. The van der Waals surface area contributed by atoms with E-state index in [0.717, 1.165) is 12.8 Å². The molecule has 1 heterocycles. The second kappa shape index (κ2) is 7.22. The number of carbonyl (C=O) groups is 1. The summed E-state index contributed by atoms with van der Waals surface area (Å²) in [5.41, 5.74) is 6.40. The van der Waals surface area contributed by atoms with E-state index < -0.39 is 10.0 Å². The molecule has 0 aliphatic carbocycles. The minimum atomic E-state index is -3.50. The molecule has 1 atom stereocenters. The SMILES string of the molecule is CC(=O)Nc1ccc(S(=O)(=O)N2CCC[C@@H](N)C2)cc1.Cl. The molecule has 0 spiro atoms. The minimum absolute atomic E-state index is 0. The molecular weight excluding hydrogens is 314 g/mol. The van der Waals surface area contributed by atoms with Crippen LogP contribution in [0.1, 0.15) is 19.8 Å². The number of nitrogens with one attached hydrogen (secondary N) is 1. The van der Waals surface area contributed by atoms with Crippen molar-refractivity contribution >= 4 is 34.0 Å². The Balaban J connectivity index is 0.00000220. The first-order valence-corrected chi connectivity index (χ1v) is 7.97. The van der Waals surface area contributed by atoms with Crippen LogP contribution in [0.3, 0.4) is 0 Å². The molecule has 1 aromatic carbocycles. The molecule has 0 saturated carbocycles. The largest absolute Gasteiger partial charge is 0.327 e. The third-order valence-corrected chi connectivity index (χ3v) is 5.11. The van der Waals surface area contributed by atoms with Crippen LogP contribution in [-0.2, 0) is 14.8 Å². The van der Waals surface area contributed by atoms with Gasteiger partial charge in [-0.3, -0.25) is 4.79 Å². The zero-order valence-electron chi connectivity index (χ0n) is 11.8. The number of anilines is 1. The van der Waals surface area contributed by atoms with E-state index >= 15 is 0 Å². The summed E-state index contributed by atoms with van der Waals surface area (Å²) < 4.78 is 26.3. The van der Waals surface area contributed by atoms with E-state index in [4.69, 9.17) is 5.73 Å². The van der Waals surface area contributed by atoms with Crippen LogP contribution >= 0.6 is 12.4 Å². The predicted octanol–water partition coefficient (Wildman–Crippen LogP) is 1.18. The normalized spacial score (nSPS) is 19.6. The standard InChI is InChI=1S/C13H19N3O3S.ClH/c1-10(17)15-12-4-6-13(7-5-12)20(18,19)16-8-2-3-11(14)9-16;/h4-7,11H,2-3,8-9,14H2,1H3,(H,15,17);1H/t11-;/m1./s1. The summed E-state index contributed by atoms with van der Waals surface area (Å²) in [6.07, 6.45) is 1.64. The summed E-state index contributed by atoms with van der Waals surface area (Å²) in [5.74, 6) is -0.192. The van der Waals surface area contributed by atoms with E-state index in [1.807, 2.05) is 0 Å². The molecule has 1 fully saturated rings. The highest BCUT2D eigenvalue weighted by atomic mass is 35.5. The van der Waals surface area contributed by atoms with Crippen molar-refractivity contribution < 1.29 is 13.2 Å². The number of piperidine rings is 1. The summed E-state index contributed by atoms with van der Waals surface area (Å²) in [6.45, 7) is 2.26. The fourth-order valence-electron chi connectivity index (χ4n) is 2.25. The van der Waals surface area contributed by atoms with E-state index in [1.54, 1.807) is 12.1 Å². The van der Waals surface area contributed by atoms with Crippen LogP contribution in [0.4, 0.5) is 5.69 Å². The highest BCUT2D eigenvalue weighted by molar-refractivity contribution is 7.89. The molecule has 6 nitrogen and oxygen atoms in total. The van der Waals surface area contributed by atoms with Gasteiger partial charge in [0.25, 0.3) is 0 Å². The Morgan fingerprint density at radius 2 is 1.95 bits per heavy atom. The molecule has 1 aliphatic heterocycles. The number of halogens is 1. The molecule has 118 valence electrons. The molecule has 1 aliphatic rings. The zero-order valence-corrected chi connectivity index (χ0v) is 13.4. The van der Waals surface area contributed by atoms with Crippen LogP contribution < -0.4 is 11.1 Å². The van der Waals surface area contributed by atoms with Crippen LogP contribution in [0.5, 0.6) is 0 Å². The Kier molecular flexibility index (Phi) is 6.15. The lowest BCUT2D eigenvalue weighted by molar-refractivity contribution is -0.114. The fourth-order valence-corrected chi connectivity index (χ4v) is 3.79. The topological polar surface area (TPSA) is 92.5 Å². The monoisotopic (exact) mass is 333 g/mol. The number of hydrogen-bond donors (Lipinski definition) is 2. The predicted molar refractivity (Wildman–Crippen MR) is 84.0 cm³/mol. The highest BCUT2D eigenvalue weighted by Crippen LogP contribution is 2.21. The van der Waals surface area contributed by atoms with Gasteiger partial charge < -0.3 is 11.1 Å². The molecule has 0 aromatic heterocycles. The van der Waals surface area contributed by atoms with E-state index in [2.05, 4.69) is 5.32 Å². The number of benzene rings is 1. The van der Waals surface area contributed by atoms with Gasteiger partial charge in [-0.05, 0) is 37.1 Å². The van der Waals surface area contributed by atoms with E-state index in [0.29, 0.717) is 18.8 Å². The summed E-state index contributed by atoms with van der Waals surface area (Å²) in [5, 5.41) is 2.60. The molecule has 0 radical (unpaired) electrons. The van der Waals surface area contributed by atoms with Crippen LogP contribution in [0, 0.1) is 0 Å². The van der Waals surface area contributed by atoms with Crippen molar-refractivity contribution in [2.75, 3.05) is 18.4 Å². The quantitative estimate of drug-likeness (QED) is 0.868. The zero-order chi connectivity index (χ0) is 14.8. The van der Waals surface area contributed by atoms with Crippen molar-refractivity contribution in [3.8, 4) is 0 Å². The Morgan fingerprint density at radius 1 is 1.33 bits per heavy atom. The molecule has 3 N–H and O–H groups in total. The molecular formula is C13H20ClN3O3S. The molecule has 1 saturated heterocycles. The average molecular weight is 334 g/mol. The number of nitrogens with two attached hydrogens (primary N) is 1. The van der Waals surface area contributed by atoms with Crippen molar-refractivity contribution in [1.29, 1.82) is 0 Å². The lowest BCUT2D eigenvalue weighted by Gasteiger charge is -2.29. The van der Waals surface area contributed by atoms with Crippen LogP contribution in [0.25, 0.3) is 0 Å². The minimum Gasteiger partial charge on any atom is -0.327 e. The second-order valence-corrected chi connectivity index (χ2v) is 6.91. The van der Waals surface area contributed by atoms with Gasteiger partial charge in [-0.1, -0.05) is 0 Å². The second-order valence-electron chi connectivity index (χ2n) is 4.97. The van der Waals surface area contributed by atoms with Crippen molar-refractivity contribution in [3.63, 3.8) is 0 Å². The number of rotatable bonds is 3. The summed E-state index contributed by atoms with van der Waals surface area (Å²) in [7, 11) is -3.50. The maximum atomic E-state index is 12.4. The number of hydrogen-bond acceptors (Lipinski definition) is 4. The van der Waals surface area contributed by atoms with Gasteiger partial charge in [0, 0.05) is 31.7 Å². The number of sulfonamides is 1. The van der Waals surface area contributed by atoms with E-state index in [1.165, 1.54) is 23.4 Å². The Labute approximate surface area is 131 Å². The lowest BCUT2D eigenvalue weighted by Crippen LogP contribution is -2.45. The lowest BCUT2D eigenvalue weighted by atomic mass is 10.1. The third-order valence-electron chi connectivity index (χ3n) is 3.23. The van der Waals surface area contributed by atoms with Gasteiger partial charge in [-0.2, -0.15) is 4.31 Å². The Morgan fingerprint density at radius 3 is 2.48 bits per heavy atom. The molecule has 0 bridgehead atoms. The fraction of sp³-hybridized carbons (Fsp3) is 0.462. The van der Waals surface area contributed by atoms with Gasteiger partial charge in [-0.25, -0.2) is 8.42 Å². The first-order chi connectivity index (χ1) is 9.39. The Bertz CT molecular complexity index is 589. The van der Waals surface area contributed by atoms with Crippen LogP contribution in [0.15, 0.2) is 29.2 Å². The third kappa shape index (κ3) is 4.41. The van der Waals surface area contributed by atoms with Gasteiger partial charge >= 0.3 is 0 Å². The smallest absolute Gasteiger partial charge is 0.243 e. The van der Waals surface area contributed by atoms with Gasteiger partial charge in [-0.15, -0.1) is 12.4 Å². The molecule has 2 rings (SSSR count). The maximum Gasteiger partial charge on any atom is 0.243 e. The van der Waals surface area contributed by atoms with Gasteiger partial charge in [0.2, 0.25) is 15.9 Å². The van der Waals surface area contributed by atoms with E-state index in [-0.39, 0.29) is 29.3 Å². The maximum absolute atomic E-state index is 12.4. The molecule has 21 heavy (non-hydrogen) atoms. The average Bonchev–Trinajstić information content (AvgIpc) is 2.38. The van der Waals surface area contributed by atoms with Crippen LogP contribution in [0.2, 0.25) is 0 Å². The first-order valence-electron chi connectivity index (χ1n) is 6.53.